The number of hydrogen-bond donors (Lipinski definition) is 2. The van der Waals surface area contributed by atoms with Crippen molar-refractivity contribution in [3.05, 3.63) is 53.8 Å². The fraction of sp³-hybridized carbons (Fsp3) is 0.222. The number of anilines is 2. The number of carbonyl (C=O) groups excluding carboxylic acids is 2. The summed E-state index contributed by atoms with van der Waals surface area (Å²) in [6, 6.07) is 9.77. The zero-order valence-electron chi connectivity index (χ0n) is 14.5. The predicted octanol–water partition coefficient (Wildman–Crippen LogP) is 1.97. The molecule has 9 heteroatoms. The lowest BCUT2D eigenvalue weighted by Gasteiger charge is -2.20. The highest BCUT2D eigenvalue weighted by Crippen LogP contribution is 2.26. The summed E-state index contributed by atoms with van der Waals surface area (Å²) < 4.78 is 39.5. The van der Waals surface area contributed by atoms with E-state index in [0.29, 0.717) is 18.5 Å². The van der Waals surface area contributed by atoms with Gasteiger partial charge >= 0.3 is 0 Å². The summed E-state index contributed by atoms with van der Waals surface area (Å²) in [4.78, 5) is 23.5. The van der Waals surface area contributed by atoms with Gasteiger partial charge in [-0.2, -0.15) is 4.31 Å². The molecule has 2 N–H and O–H groups in total. The van der Waals surface area contributed by atoms with Gasteiger partial charge in [0.1, 0.15) is 5.82 Å². The van der Waals surface area contributed by atoms with Gasteiger partial charge < -0.3 is 10.6 Å². The van der Waals surface area contributed by atoms with Gasteiger partial charge in [0.05, 0.1) is 11.4 Å². The maximum atomic E-state index is 13.2. The molecule has 1 heterocycles. The molecule has 0 radical (unpaired) electrons. The molecule has 2 amide bonds. The van der Waals surface area contributed by atoms with Crippen molar-refractivity contribution in [1.29, 1.82) is 0 Å². The quantitative estimate of drug-likeness (QED) is 0.815. The van der Waals surface area contributed by atoms with Gasteiger partial charge in [0.25, 0.3) is 0 Å². The molecule has 0 aromatic heterocycles. The maximum Gasteiger partial charge on any atom is 0.243 e. The van der Waals surface area contributed by atoms with Gasteiger partial charge in [-0.1, -0.05) is 6.07 Å². The van der Waals surface area contributed by atoms with Crippen LogP contribution in [0.4, 0.5) is 15.8 Å². The molecule has 0 bridgehead atoms. The zero-order chi connectivity index (χ0) is 19.6. The van der Waals surface area contributed by atoms with Crippen molar-refractivity contribution in [3.63, 3.8) is 0 Å². The summed E-state index contributed by atoms with van der Waals surface area (Å²) in [5.41, 5.74) is 1.57. The van der Waals surface area contributed by atoms with E-state index >= 15 is 0 Å². The van der Waals surface area contributed by atoms with Crippen LogP contribution in [-0.2, 0) is 26.0 Å². The van der Waals surface area contributed by atoms with Crippen molar-refractivity contribution in [2.45, 2.75) is 17.7 Å². The highest BCUT2D eigenvalue weighted by atomic mass is 32.2. The molecule has 7 nitrogen and oxygen atoms in total. The lowest BCUT2D eigenvalue weighted by atomic mass is 10.0. The van der Waals surface area contributed by atoms with Crippen LogP contribution < -0.4 is 10.6 Å². The summed E-state index contributed by atoms with van der Waals surface area (Å²) in [7, 11) is -2.60. The van der Waals surface area contributed by atoms with E-state index in [1.807, 2.05) is 0 Å². The molecule has 1 aliphatic rings. The number of halogens is 1. The Morgan fingerprint density at radius 3 is 2.74 bits per heavy atom. The second kappa shape index (κ2) is 7.45. The molecule has 0 atom stereocenters. The molecule has 0 unspecified atom stereocenters. The molecule has 0 saturated carbocycles. The molecule has 0 fully saturated rings. The van der Waals surface area contributed by atoms with Gasteiger partial charge in [0.15, 0.2) is 0 Å². The Morgan fingerprint density at radius 2 is 2.00 bits per heavy atom. The van der Waals surface area contributed by atoms with Gasteiger partial charge in [0.2, 0.25) is 21.8 Å². The molecule has 27 heavy (non-hydrogen) atoms. The molecule has 2 aromatic rings. The van der Waals surface area contributed by atoms with Crippen molar-refractivity contribution in [1.82, 2.24) is 4.31 Å². The Labute approximate surface area is 156 Å². The van der Waals surface area contributed by atoms with E-state index in [9.17, 15) is 22.4 Å². The number of carbonyl (C=O) groups is 2. The Hall–Kier alpha value is -2.78. The second-order valence-electron chi connectivity index (χ2n) is 6.19. The monoisotopic (exact) mass is 391 g/mol. The van der Waals surface area contributed by atoms with Gasteiger partial charge in [-0.25, -0.2) is 12.8 Å². The first-order valence-corrected chi connectivity index (χ1v) is 9.64. The number of hydrogen-bond acceptors (Lipinski definition) is 4. The molecule has 2 aromatic carbocycles. The number of aryl methyl sites for hydroxylation is 1. The molecule has 1 aliphatic heterocycles. The maximum absolute atomic E-state index is 13.2. The minimum absolute atomic E-state index is 0.0402. The Kier molecular flexibility index (Phi) is 5.24. The standard InChI is InChI=1S/C18H18FN3O4S/c1-22(11-18(24)20-14-4-2-3-13(19)10-14)27(25,26)15-6-7-16-12(9-15)5-8-17(23)21-16/h2-4,6-7,9-10H,5,8,11H2,1H3,(H,20,24)(H,21,23). The molecule has 3 rings (SSSR count). The van der Waals surface area contributed by atoms with Crippen LogP contribution in [0.3, 0.4) is 0 Å². The highest BCUT2D eigenvalue weighted by molar-refractivity contribution is 7.89. The Bertz CT molecular complexity index is 1010. The van der Waals surface area contributed by atoms with Crippen LogP contribution in [0.25, 0.3) is 0 Å². The van der Waals surface area contributed by atoms with Crippen molar-refractivity contribution in [2.75, 3.05) is 24.2 Å². The van der Waals surface area contributed by atoms with E-state index in [1.165, 1.54) is 37.4 Å². The Balaban J connectivity index is 1.72. The minimum Gasteiger partial charge on any atom is -0.326 e. The van der Waals surface area contributed by atoms with Crippen LogP contribution in [-0.4, -0.2) is 38.1 Å². The number of rotatable bonds is 5. The summed E-state index contributed by atoms with van der Waals surface area (Å²) in [5.74, 6) is -1.20. The molecular formula is C18H18FN3O4S. The van der Waals surface area contributed by atoms with E-state index in [0.717, 1.165) is 15.9 Å². The number of nitrogens with one attached hydrogen (secondary N) is 2. The predicted molar refractivity (Wildman–Crippen MR) is 98.2 cm³/mol. The normalized spacial score (nSPS) is 13.8. The average molecular weight is 391 g/mol. The van der Waals surface area contributed by atoms with Gasteiger partial charge in [-0.05, 0) is 48.4 Å². The smallest absolute Gasteiger partial charge is 0.243 e. The lowest BCUT2D eigenvalue weighted by molar-refractivity contribution is -0.117. The van der Waals surface area contributed by atoms with Crippen LogP contribution in [0.5, 0.6) is 0 Å². The molecule has 0 spiro atoms. The van der Waals surface area contributed by atoms with Gasteiger partial charge in [0, 0.05) is 24.8 Å². The number of likely N-dealkylation sites (N-methyl/N-ethyl adjacent to an activating group) is 1. The number of amides is 2. The topological polar surface area (TPSA) is 95.6 Å². The first-order valence-electron chi connectivity index (χ1n) is 8.20. The average Bonchev–Trinajstić information content (AvgIpc) is 2.61. The van der Waals surface area contributed by atoms with Gasteiger partial charge in [-0.3, -0.25) is 9.59 Å². The van der Waals surface area contributed by atoms with Crippen LogP contribution >= 0.6 is 0 Å². The van der Waals surface area contributed by atoms with E-state index < -0.39 is 28.3 Å². The summed E-state index contributed by atoms with van der Waals surface area (Å²) in [6.07, 6.45) is 0.747. The van der Waals surface area contributed by atoms with Crippen molar-refractivity contribution < 1.29 is 22.4 Å². The van der Waals surface area contributed by atoms with Gasteiger partial charge in [-0.15, -0.1) is 0 Å². The zero-order valence-corrected chi connectivity index (χ0v) is 15.3. The summed E-state index contributed by atoms with van der Waals surface area (Å²) in [5, 5.41) is 5.15. The number of sulfonamides is 1. The summed E-state index contributed by atoms with van der Waals surface area (Å²) in [6.45, 7) is -0.424. The minimum atomic E-state index is -3.90. The van der Waals surface area contributed by atoms with E-state index in [-0.39, 0.29) is 16.5 Å². The molecule has 0 saturated heterocycles. The Morgan fingerprint density at radius 1 is 1.22 bits per heavy atom. The van der Waals surface area contributed by atoms with Crippen LogP contribution in [0.15, 0.2) is 47.4 Å². The summed E-state index contributed by atoms with van der Waals surface area (Å²) >= 11 is 0. The number of benzene rings is 2. The number of nitrogens with zero attached hydrogens (tertiary/aromatic N) is 1. The van der Waals surface area contributed by atoms with Crippen LogP contribution in [0.2, 0.25) is 0 Å². The van der Waals surface area contributed by atoms with Crippen molar-refractivity contribution in [3.8, 4) is 0 Å². The fourth-order valence-electron chi connectivity index (χ4n) is 2.75. The van der Waals surface area contributed by atoms with E-state index in [4.69, 9.17) is 0 Å². The molecule has 142 valence electrons. The third-order valence-electron chi connectivity index (χ3n) is 4.16. The lowest BCUT2D eigenvalue weighted by Crippen LogP contribution is -2.35. The molecular weight excluding hydrogens is 373 g/mol. The second-order valence-corrected chi connectivity index (χ2v) is 8.23. The highest BCUT2D eigenvalue weighted by Gasteiger charge is 2.25. The number of fused-ring (bicyclic) bond motifs is 1. The van der Waals surface area contributed by atoms with Crippen LogP contribution in [0, 0.1) is 5.82 Å². The van der Waals surface area contributed by atoms with Crippen molar-refractivity contribution in [2.24, 2.45) is 0 Å². The van der Waals surface area contributed by atoms with Crippen molar-refractivity contribution >= 4 is 33.2 Å². The SMILES string of the molecule is CN(CC(=O)Nc1cccc(F)c1)S(=O)(=O)c1ccc2c(c1)CCC(=O)N2. The third-order valence-corrected chi connectivity index (χ3v) is 5.95. The van der Waals surface area contributed by atoms with Crippen LogP contribution in [0.1, 0.15) is 12.0 Å². The fourth-order valence-corrected chi connectivity index (χ4v) is 3.93. The first kappa shape index (κ1) is 19.0. The molecule has 0 aliphatic carbocycles. The van der Waals surface area contributed by atoms with E-state index in [2.05, 4.69) is 10.6 Å². The third kappa shape index (κ3) is 4.32. The largest absolute Gasteiger partial charge is 0.326 e. The first-order chi connectivity index (χ1) is 12.8. The van der Waals surface area contributed by atoms with E-state index in [1.54, 1.807) is 6.07 Å².